The second-order valence-electron chi connectivity index (χ2n) is 6.50. The van der Waals surface area contributed by atoms with E-state index in [4.69, 9.17) is 0 Å². The first-order chi connectivity index (χ1) is 13.7. The number of para-hydroxylation sites is 1. The number of nitrogens with zero attached hydrogens (tertiary/aromatic N) is 2. The lowest BCUT2D eigenvalue weighted by atomic mass is 10.1. The number of carbonyl (C=O) groups is 1. The number of urea groups is 1. The molecule has 0 aliphatic heterocycles. The van der Waals surface area contributed by atoms with E-state index in [1.165, 1.54) is 0 Å². The first kappa shape index (κ1) is 17.7. The van der Waals surface area contributed by atoms with E-state index in [9.17, 15) is 9.59 Å². The van der Waals surface area contributed by atoms with Gasteiger partial charge in [0.15, 0.2) is 0 Å². The highest BCUT2D eigenvalue weighted by atomic mass is 16.2. The van der Waals surface area contributed by atoms with Crippen LogP contribution >= 0.6 is 0 Å². The van der Waals surface area contributed by atoms with Crippen LogP contribution in [0.4, 0.5) is 10.5 Å². The number of benzene rings is 3. The summed E-state index contributed by atoms with van der Waals surface area (Å²) in [6.07, 6.45) is 0. The van der Waals surface area contributed by atoms with Crippen LogP contribution in [0.2, 0.25) is 0 Å². The molecule has 3 aromatic carbocycles. The topological polar surface area (TPSA) is 78.1 Å². The van der Waals surface area contributed by atoms with Gasteiger partial charge in [0.1, 0.15) is 5.82 Å². The second kappa shape index (κ2) is 7.52. The fraction of sp³-hybridized carbons (Fsp3) is 0.136. The van der Waals surface area contributed by atoms with Crippen LogP contribution in [0.3, 0.4) is 0 Å². The first-order valence-electron chi connectivity index (χ1n) is 9.17. The molecule has 0 fully saturated rings. The number of fused-ring (bicyclic) bond motifs is 2. The largest absolute Gasteiger partial charge is 0.322 e. The van der Waals surface area contributed by atoms with Gasteiger partial charge in [0.05, 0.1) is 23.1 Å². The van der Waals surface area contributed by atoms with Crippen molar-refractivity contribution in [3.63, 3.8) is 0 Å². The van der Waals surface area contributed by atoms with Crippen LogP contribution in [0.5, 0.6) is 0 Å². The Labute approximate surface area is 161 Å². The first-order valence-corrected chi connectivity index (χ1v) is 9.17. The predicted molar refractivity (Wildman–Crippen MR) is 111 cm³/mol. The summed E-state index contributed by atoms with van der Waals surface area (Å²) in [5.41, 5.74) is 1.17. The standard InChI is InChI=1S/C22H20N4O2/c1-2-26(14-20-23-19-12-6-5-11-17(19)21(27)25-20)22(28)24-18-13-7-9-15-8-3-4-10-16(15)18/h3-13H,2,14H2,1H3,(H,24,28)(H,23,25,27). The normalized spacial score (nSPS) is 10.9. The van der Waals surface area contributed by atoms with Gasteiger partial charge in [-0.05, 0) is 30.5 Å². The summed E-state index contributed by atoms with van der Waals surface area (Å²) in [4.78, 5) is 34.0. The van der Waals surface area contributed by atoms with E-state index < -0.39 is 0 Å². The minimum Gasteiger partial charge on any atom is -0.317 e. The number of H-pyrrole nitrogens is 1. The number of hydrogen-bond acceptors (Lipinski definition) is 3. The van der Waals surface area contributed by atoms with Crippen LogP contribution in [-0.4, -0.2) is 27.4 Å². The molecule has 0 aliphatic rings. The van der Waals surface area contributed by atoms with Crippen molar-refractivity contribution in [1.82, 2.24) is 14.9 Å². The molecule has 28 heavy (non-hydrogen) atoms. The van der Waals surface area contributed by atoms with E-state index in [1.807, 2.05) is 55.5 Å². The molecule has 6 heteroatoms. The molecule has 0 atom stereocenters. The predicted octanol–water partition coefficient (Wildman–Crippen LogP) is 4.13. The van der Waals surface area contributed by atoms with Crippen molar-refractivity contribution in [3.05, 3.63) is 82.9 Å². The highest BCUT2D eigenvalue weighted by Gasteiger charge is 2.15. The van der Waals surface area contributed by atoms with Gasteiger partial charge >= 0.3 is 6.03 Å². The zero-order valence-electron chi connectivity index (χ0n) is 15.5. The van der Waals surface area contributed by atoms with Crippen LogP contribution in [0.15, 0.2) is 71.5 Å². The second-order valence-corrected chi connectivity index (χ2v) is 6.50. The molecular formula is C22H20N4O2. The molecule has 0 unspecified atom stereocenters. The molecular weight excluding hydrogens is 352 g/mol. The van der Waals surface area contributed by atoms with Gasteiger partial charge < -0.3 is 15.2 Å². The molecule has 1 heterocycles. The van der Waals surface area contributed by atoms with E-state index in [0.29, 0.717) is 23.3 Å². The number of anilines is 1. The van der Waals surface area contributed by atoms with Crippen molar-refractivity contribution in [1.29, 1.82) is 0 Å². The summed E-state index contributed by atoms with van der Waals surface area (Å²) >= 11 is 0. The molecule has 1 aromatic heterocycles. The van der Waals surface area contributed by atoms with Gasteiger partial charge in [-0.1, -0.05) is 48.5 Å². The Hall–Kier alpha value is -3.67. The van der Waals surface area contributed by atoms with Crippen molar-refractivity contribution in [2.45, 2.75) is 13.5 Å². The van der Waals surface area contributed by atoms with Crippen molar-refractivity contribution < 1.29 is 4.79 Å². The quantitative estimate of drug-likeness (QED) is 0.565. The Morgan fingerprint density at radius 2 is 1.71 bits per heavy atom. The van der Waals surface area contributed by atoms with Crippen LogP contribution in [0.25, 0.3) is 21.7 Å². The zero-order chi connectivity index (χ0) is 19.5. The SMILES string of the molecule is CCN(Cc1nc2ccccc2c(=O)[nH]1)C(=O)Nc1cccc2ccccc12. The number of hydrogen-bond donors (Lipinski definition) is 2. The molecule has 0 spiro atoms. The van der Waals surface area contributed by atoms with Gasteiger partial charge in [-0.3, -0.25) is 4.79 Å². The average Bonchev–Trinajstić information content (AvgIpc) is 2.72. The highest BCUT2D eigenvalue weighted by Crippen LogP contribution is 2.23. The lowest BCUT2D eigenvalue weighted by Gasteiger charge is -2.21. The fourth-order valence-corrected chi connectivity index (χ4v) is 3.25. The molecule has 2 amide bonds. The number of aromatic amines is 1. The van der Waals surface area contributed by atoms with Crippen LogP contribution < -0.4 is 10.9 Å². The van der Waals surface area contributed by atoms with Gasteiger partial charge in [0.25, 0.3) is 5.56 Å². The summed E-state index contributed by atoms with van der Waals surface area (Å²) in [6.45, 7) is 2.59. The molecule has 6 nitrogen and oxygen atoms in total. The monoisotopic (exact) mass is 372 g/mol. The smallest absolute Gasteiger partial charge is 0.317 e. The third-order valence-electron chi connectivity index (χ3n) is 4.70. The number of nitrogens with one attached hydrogen (secondary N) is 2. The van der Waals surface area contributed by atoms with E-state index in [2.05, 4.69) is 15.3 Å². The lowest BCUT2D eigenvalue weighted by Crippen LogP contribution is -2.35. The Bertz CT molecular complexity index is 1210. The van der Waals surface area contributed by atoms with Gasteiger partial charge in [0, 0.05) is 11.9 Å². The van der Waals surface area contributed by atoms with E-state index >= 15 is 0 Å². The van der Waals surface area contributed by atoms with Crippen molar-refractivity contribution >= 4 is 33.4 Å². The Morgan fingerprint density at radius 3 is 2.54 bits per heavy atom. The highest BCUT2D eigenvalue weighted by molar-refractivity contribution is 6.01. The lowest BCUT2D eigenvalue weighted by molar-refractivity contribution is 0.211. The van der Waals surface area contributed by atoms with Crippen molar-refractivity contribution in [2.24, 2.45) is 0 Å². The minimum atomic E-state index is -0.241. The number of amides is 2. The van der Waals surface area contributed by atoms with Gasteiger partial charge in [-0.25, -0.2) is 9.78 Å². The van der Waals surface area contributed by atoms with Crippen molar-refractivity contribution in [2.75, 3.05) is 11.9 Å². The third kappa shape index (κ3) is 3.44. The Balaban J connectivity index is 1.58. The molecule has 0 saturated carbocycles. The number of aromatic nitrogens is 2. The van der Waals surface area contributed by atoms with Crippen LogP contribution in [0, 0.1) is 0 Å². The molecule has 0 saturated heterocycles. The number of carbonyl (C=O) groups excluding carboxylic acids is 1. The Morgan fingerprint density at radius 1 is 1.00 bits per heavy atom. The fourth-order valence-electron chi connectivity index (χ4n) is 3.25. The summed E-state index contributed by atoms with van der Waals surface area (Å²) in [5, 5.41) is 5.55. The zero-order valence-corrected chi connectivity index (χ0v) is 15.5. The Kier molecular flexibility index (Phi) is 4.76. The van der Waals surface area contributed by atoms with Gasteiger partial charge in [0.2, 0.25) is 0 Å². The number of rotatable bonds is 4. The van der Waals surface area contributed by atoms with Crippen molar-refractivity contribution in [3.8, 4) is 0 Å². The molecule has 0 bridgehead atoms. The van der Waals surface area contributed by atoms with E-state index in [0.717, 1.165) is 16.5 Å². The summed E-state index contributed by atoms with van der Waals surface area (Å²) in [7, 11) is 0. The van der Waals surface area contributed by atoms with E-state index in [1.54, 1.807) is 23.1 Å². The maximum atomic E-state index is 12.8. The van der Waals surface area contributed by atoms with Gasteiger partial charge in [-0.2, -0.15) is 0 Å². The molecule has 2 N–H and O–H groups in total. The molecule has 140 valence electrons. The van der Waals surface area contributed by atoms with Crippen LogP contribution in [-0.2, 0) is 6.54 Å². The molecule has 0 aliphatic carbocycles. The average molecular weight is 372 g/mol. The molecule has 0 radical (unpaired) electrons. The summed E-state index contributed by atoms with van der Waals surface area (Å²) in [5.74, 6) is 0.457. The summed E-state index contributed by atoms with van der Waals surface area (Å²) in [6, 6.07) is 20.6. The summed E-state index contributed by atoms with van der Waals surface area (Å²) < 4.78 is 0. The third-order valence-corrected chi connectivity index (χ3v) is 4.70. The molecule has 4 aromatic rings. The van der Waals surface area contributed by atoms with Gasteiger partial charge in [-0.15, -0.1) is 0 Å². The maximum Gasteiger partial charge on any atom is 0.322 e. The molecule has 4 rings (SSSR count). The minimum absolute atomic E-state index is 0.203. The van der Waals surface area contributed by atoms with E-state index in [-0.39, 0.29) is 18.1 Å². The van der Waals surface area contributed by atoms with Crippen LogP contribution in [0.1, 0.15) is 12.7 Å². The maximum absolute atomic E-state index is 12.8.